The van der Waals surface area contributed by atoms with Crippen molar-refractivity contribution in [1.82, 2.24) is 0 Å². The molecular weight excluding hydrogens is 252 g/mol. The van der Waals surface area contributed by atoms with Crippen molar-refractivity contribution in [3.8, 4) is 0 Å². The molecule has 0 aromatic rings. The Hall–Kier alpha value is -0.130. The predicted octanol–water partition coefficient (Wildman–Crippen LogP) is 3.97. The van der Waals surface area contributed by atoms with Crippen LogP contribution >= 0.6 is 0 Å². The van der Waals surface area contributed by atoms with Crippen molar-refractivity contribution in [2.45, 2.75) is 71.6 Å². The number of hydrogen-bond acceptors (Lipinski definition) is 3. The molecule has 0 aliphatic carbocycles. The Morgan fingerprint density at radius 2 is 1.44 bits per heavy atom. The zero-order chi connectivity index (χ0) is 13.9. The summed E-state index contributed by atoms with van der Waals surface area (Å²) in [5, 5.41) is 0. The Morgan fingerprint density at radius 1 is 0.944 bits per heavy atom. The van der Waals surface area contributed by atoms with Gasteiger partial charge in [0.05, 0.1) is 6.61 Å². The molecule has 0 aromatic heterocycles. The molecule has 0 rings (SSSR count). The summed E-state index contributed by atoms with van der Waals surface area (Å²) in [5.41, 5.74) is 0. The summed E-state index contributed by atoms with van der Waals surface area (Å²) < 4.78 is 33.8. The minimum atomic E-state index is -4.27. The van der Waals surface area contributed by atoms with E-state index in [1.54, 1.807) is 0 Å². The highest BCUT2D eigenvalue weighted by atomic mass is 32.3. The molecule has 5 heteroatoms. The average molecular weight is 280 g/mol. The molecule has 0 saturated heterocycles. The van der Waals surface area contributed by atoms with Crippen LogP contribution in [0.4, 0.5) is 0 Å². The lowest BCUT2D eigenvalue weighted by atomic mass is 9.92. The summed E-state index contributed by atoms with van der Waals surface area (Å²) in [7, 11) is -4.27. The van der Waals surface area contributed by atoms with Crippen LogP contribution in [-0.4, -0.2) is 19.6 Å². The third kappa shape index (κ3) is 12.3. The average Bonchev–Trinajstić information content (AvgIpc) is 2.27. The van der Waals surface area contributed by atoms with Crippen LogP contribution in [0.5, 0.6) is 0 Å². The van der Waals surface area contributed by atoms with Crippen LogP contribution in [0, 0.1) is 5.92 Å². The van der Waals surface area contributed by atoms with Crippen LogP contribution in [0.3, 0.4) is 0 Å². The molecule has 0 fully saturated rings. The van der Waals surface area contributed by atoms with Gasteiger partial charge in [-0.05, 0) is 12.3 Å². The van der Waals surface area contributed by atoms with Gasteiger partial charge in [-0.15, -0.1) is 0 Å². The van der Waals surface area contributed by atoms with Crippen molar-refractivity contribution in [3.05, 3.63) is 0 Å². The summed E-state index contributed by atoms with van der Waals surface area (Å²) in [5.74, 6) is 0.518. The summed E-state index contributed by atoms with van der Waals surface area (Å²) in [4.78, 5) is 0. The van der Waals surface area contributed by atoms with E-state index >= 15 is 0 Å². The van der Waals surface area contributed by atoms with Gasteiger partial charge in [-0.3, -0.25) is 4.55 Å². The van der Waals surface area contributed by atoms with E-state index in [1.165, 1.54) is 38.5 Å². The molecule has 0 bridgehead atoms. The molecule has 4 nitrogen and oxygen atoms in total. The van der Waals surface area contributed by atoms with Crippen molar-refractivity contribution < 1.29 is 17.2 Å². The maximum Gasteiger partial charge on any atom is 0.397 e. The fourth-order valence-corrected chi connectivity index (χ4v) is 2.43. The molecule has 0 saturated carbocycles. The van der Waals surface area contributed by atoms with Crippen molar-refractivity contribution in [3.63, 3.8) is 0 Å². The van der Waals surface area contributed by atoms with Crippen LogP contribution in [0.25, 0.3) is 0 Å². The second-order valence-electron chi connectivity index (χ2n) is 4.90. The van der Waals surface area contributed by atoms with Gasteiger partial charge in [0.15, 0.2) is 0 Å². The Bertz CT molecular complexity index is 265. The standard InChI is InChI=1S/C13H28O4S/c1-3-5-7-9-13(10-8-6-4-2)11-12-17-18(14,15)16/h13H,3-12H2,1-2H3,(H,14,15,16). The zero-order valence-electron chi connectivity index (χ0n) is 11.7. The number of hydrogen-bond donors (Lipinski definition) is 1. The van der Waals surface area contributed by atoms with Crippen LogP contribution in [0.15, 0.2) is 0 Å². The Morgan fingerprint density at radius 3 is 1.83 bits per heavy atom. The van der Waals surface area contributed by atoms with Gasteiger partial charge in [0, 0.05) is 0 Å². The largest absolute Gasteiger partial charge is 0.397 e. The summed E-state index contributed by atoms with van der Waals surface area (Å²) in [6.07, 6.45) is 10.2. The van der Waals surface area contributed by atoms with Gasteiger partial charge in [0.25, 0.3) is 0 Å². The van der Waals surface area contributed by atoms with Crippen LogP contribution < -0.4 is 0 Å². The smallest absolute Gasteiger partial charge is 0.264 e. The first kappa shape index (κ1) is 17.9. The van der Waals surface area contributed by atoms with E-state index in [-0.39, 0.29) is 6.61 Å². The zero-order valence-corrected chi connectivity index (χ0v) is 12.5. The van der Waals surface area contributed by atoms with E-state index in [0.29, 0.717) is 12.3 Å². The Labute approximate surface area is 112 Å². The maximum absolute atomic E-state index is 10.5. The minimum absolute atomic E-state index is 0.0990. The molecular formula is C13H28O4S. The fraction of sp³-hybridized carbons (Fsp3) is 1.00. The van der Waals surface area contributed by atoms with Crippen molar-refractivity contribution >= 4 is 10.4 Å². The normalized spacial score (nSPS) is 12.2. The molecule has 0 aliphatic heterocycles. The quantitative estimate of drug-likeness (QED) is 0.434. The molecule has 1 N–H and O–H groups in total. The third-order valence-electron chi connectivity index (χ3n) is 3.19. The van der Waals surface area contributed by atoms with Crippen LogP contribution in [-0.2, 0) is 14.6 Å². The topological polar surface area (TPSA) is 63.6 Å². The van der Waals surface area contributed by atoms with Gasteiger partial charge in [0.2, 0.25) is 0 Å². The molecule has 0 atom stereocenters. The van der Waals surface area contributed by atoms with Gasteiger partial charge in [0.1, 0.15) is 0 Å². The number of unbranched alkanes of at least 4 members (excludes halogenated alkanes) is 4. The molecule has 0 aliphatic rings. The fourth-order valence-electron chi connectivity index (χ4n) is 2.12. The molecule has 0 heterocycles. The second-order valence-corrected chi connectivity index (χ2v) is 5.99. The lowest BCUT2D eigenvalue weighted by Gasteiger charge is -2.16. The third-order valence-corrected chi connectivity index (χ3v) is 3.65. The highest BCUT2D eigenvalue weighted by molar-refractivity contribution is 7.80. The van der Waals surface area contributed by atoms with E-state index in [2.05, 4.69) is 18.0 Å². The molecule has 0 spiro atoms. The highest BCUT2D eigenvalue weighted by Gasteiger charge is 2.11. The van der Waals surface area contributed by atoms with Crippen LogP contribution in [0.1, 0.15) is 71.6 Å². The summed E-state index contributed by atoms with van der Waals surface area (Å²) in [6, 6.07) is 0. The Balaban J connectivity index is 3.87. The van der Waals surface area contributed by atoms with Gasteiger partial charge in [-0.2, -0.15) is 8.42 Å². The van der Waals surface area contributed by atoms with Crippen molar-refractivity contribution in [2.24, 2.45) is 5.92 Å². The molecule has 0 unspecified atom stereocenters. The molecule has 18 heavy (non-hydrogen) atoms. The molecule has 0 aromatic carbocycles. The number of rotatable bonds is 12. The first-order chi connectivity index (χ1) is 8.49. The second kappa shape index (κ2) is 10.8. The van der Waals surface area contributed by atoms with Crippen molar-refractivity contribution in [1.29, 1.82) is 0 Å². The first-order valence-corrected chi connectivity index (χ1v) is 8.48. The van der Waals surface area contributed by atoms with E-state index in [4.69, 9.17) is 4.55 Å². The van der Waals surface area contributed by atoms with E-state index in [9.17, 15) is 8.42 Å². The lowest BCUT2D eigenvalue weighted by molar-refractivity contribution is 0.234. The summed E-state index contributed by atoms with van der Waals surface area (Å²) in [6.45, 7) is 4.45. The van der Waals surface area contributed by atoms with Gasteiger partial charge in [-0.1, -0.05) is 65.2 Å². The molecule has 0 radical (unpaired) electrons. The van der Waals surface area contributed by atoms with Gasteiger partial charge in [-0.25, -0.2) is 4.18 Å². The molecule has 0 amide bonds. The lowest BCUT2D eigenvalue weighted by Crippen LogP contribution is -2.10. The van der Waals surface area contributed by atoms with Gasteiger partial charge < -0.3 is 0 Å². The SMILES string of the molecule is CCCCCC(CCCCC)CCOS(=O)(=O)O. The minimum Gasteiger partial charge on any atom is -0.264 e. The monoisotopic (exact) mass is 280 g/mol. The van der Waals surface area contributed by atoms with E-state index < -0.39 is 10.4 Å². The predicted molar refractivity (Wildman–Crippen MR) is 73.9 cm³/mol. The summed E-state index contributed by atoms with van der Waals surface area (Å²) >= 11 is 0. The molecule has 110 valence electrons. The Kier molecular flexibility index (Phi) is 10.7. The van der Waals surface area contributed by atoms with Crippen LogP contribution in [0.2, 0.25) is 0 Å². The van der Waals surface area contributed by atoms with Crippen molar-refractivity contribution in [2.75, 3.05) is 6.61 Å². The van der Waals surface area contributed by atoms with E-state index in [0.717, 1.165) is 12.8 Å². The maximum atomic E-state index is 10.5. The first-order valence-electron chi connectivity index (χ1n) is 7.11. The highest BCUT2D eigenvalue weighted by Crippen LogP contribution is 2.21. The van der Waals surface area contributed by atoms with Gasteiger partial charge >= 0.3 is 10.4 Å². The van der Waals surface area contributed by atoms with E-state index in [1.807, 2.05) is 0 Å².